The molecule has 1 heterocycles. The van der Waals surface area contributed by atoms with Gasteiger partial charge in [0.2, 0.25) is 0 Å². The third-order valence-corrected chi connectivity index (χ3v) is 3.98. The molecular formula is C8H16FO2P. The van der Waals surface area contributed by atoms with E-state index in [9.17, 15) is 8.96 Å². The van der Waals surface area contributed by atoms with Crippen molar-refractivity contribution in [3.8, 4) is 0 Å². The van der Waals surface area contributed by atoms with E-state index in [0.29, 0.717) is 12.8 Å². The average Bonchev–Trinajstić information content (AvgIpc) is 2.29. The number of ether oxygens (including phenoxy) is 1. The predicted octanol–water partition coefficient (Wildman–Crippen LogP) is 2.47. The zero-order valence-electron chi connectivity index (χ0n) is 7.79. The topological polar surface area (TPSA) is 26.3 Å². The Labute approximate surface area is 72.9 Å². The highest BCUT2D eigenvalue weighted by Crippen LogP contribution is 2.49. The highest BCUT2D eigenvalue weighted by Gasteiger charge is 2.39. The second-order valence-electron chi connectivity index (χ2n) is 3.72. The first-order valence-electron chi connectivity index (χ1n) is 4.29. The van der Waals surface area contributed by atoms with Crippen molar-refractivity contribution in [1.82, 2.24) is 0 Å². The van der Waals surface area contributed by atoms with Crippen LogP contribution in [0.2, 0.25) is 0 Å². The minimum Gasteiger partial charge on any atom is -0.364 e. The Balaban J connectivity index is 2.60. The van der Waals surface area contributed by atoms with Gasteiger partial charge >= 0.3 is 0 Å². The maximum absolute atomic E-state index is 13.1. The lowest BCUT2D eigenvalue weighted by Gasteiger charge is -2.15. The molecular weight excluding hydrogens is 178 g/mol. The highest BCUT2D eigenvalue weighted by atomic mass is 31.2. The average molecular weight is 194 g/mol. The van der Waals surface area contributed by atoms with Crippen LogP contribution in [0.5, 0.6) is 0 Å². The molecule has 0 saturated carbocycles. The summed E-state index contributed by atoms with van der Waals surface area (Å²) >= 11 is 0. The molecule has 12 heavy (non-hydrogen) atoms. The van der Waals surface area contributed by atoms with Crippen molar-refractivity contribution in [2.45, 2.75) is 37.9 Å². The van der Waals surface area contributed by atoms with E-state index in [1.807, 2.05) is 6.92 Å². The SMILES string of the molecule is CC[C@H]1O[C@@H](P(C)(C)=O)C[C@H]1F. The van der Waals surface area contributed by atoms with Gasteiger partial charge in [-0.15, -0.1) is 0 Å². The van der Waals surface area contributed by atoms with Crippen LogP contribution in [0.3, 0.4) is 0 Å². The maximum Gasteiger partial charge on any atom is 0.129 e. The van der Waals surface area contributed by atoms with E-state index in [1.54, 1.807) is 13.3 Å². The molecule has 3 atom stereocenters. The fourth-order valence-electron chi connectivity index (χ4n) is 1.44. The first-order valence-corrected chi connectivity index (χ1v) is 6.96. The van der Waals surface area contributed by atoms with Gasteiger partial charge in [0.15, 0.2) is 0 Å². The lowest BCUT2D eigenvalue weighted by atomic mass is 10.2. The van der Waals surface area contributed by atoms with Crippen LogP contribution in [0.1, 0.15) is 19.8 Å². The molecule has 1 aliphatic heterocycles. The minimum absolute atomic E-state index is 0.308. The lowest BCUT2D eigenvalue weighted by molar-refractivity contribution is 0.0580. The van der Waals surface area contributed by atoms with E-state index in [4.69, 9.17) is 4.74 Å². The van der Waals surface area contributed by atoms with Crippen LogP contribution >= 0.6 is 7.14 Å². The van der Waals surface area contributed by atoms with Crippen LogP contribution in [0, 0.1) is 0 Å². The van der Waals surface area contributed by atoms with Crippen LogP contribution in [0.4, 0.5) is 4.39 Å². The fraction of sp³-hybridized carbons (Fsp3) is 1.00. The van der Waals surface area contributed by atoms with Gasteiger partial charge in [-0.1, -0.05) is 6.92 Å². The summed E-state index contributed by atoms with van der Waals surface area (Å²) in [6.45, 7) is 5.20. The third kappa shape index (κ3) is 2.08. The highest BCUT2D eigenvalue weighted by molar-refractivity contribution is 7.62. The smallest absolute Gasteiger partial charge is 0.129 e. The van der Waals surface area contributed by atoms with Crippen molar-refractivity contribution in [3.63, 3.8) is 0 Å². The lowest BCUT2D eigenvalue weighted by Crippen LogP contribution is -2.15. The monoisotopic (exact) mass is 194 g/mol. The quantitative estimate of drug-likeness (QED) is 0.631. The Morgan fingerprint density at radius 2 is 2.17 bits per heavy atom. The first kappa shape index (κ1) is 10.2. The van der Waals surface area contributed by atoms with Gasteiger partial charge in [0, 0.05) is 6.42 Å². The molecule has 0 N–H and O–H groups in total. The summed E-state index contributed by atoms with van der Waals surface area (Å²) in [4.78, 5) is 0. The molecule has 0 aromatic carbocycles. The van der Waals surface area contributed by atoms with Gasteiger partial charge in [0.1, 0.15) is 19.2 Å². The van der Waals surface area contributed by atoms with Crippen LogP contribution in [0.15, 0.2) is 0 Å². The van der Waals surface area contributed by atoms with Gasteiger partial charge in [-0.3, -0.25) is 0 Å². The van der Waals surface area contributed by atoms with Crippen LogP contribution in [-0.4, -0.2) is 31.5 Å². The Hall–Kier alpha value is 0.120. The summed E-state index contributed by atoms with van der Waals surface area (Å²) in [5.41, 5.74) is 0. The zero-order chi connectivity index (χ0) is 9.35. The van der Waals surface area contributed by atoms with Crippen molar-refractivity contribution in [1.29, 1.82) is 0 Å². The van der Waals surface area contributed by atoms with Crippen molar-refractivity contribution >= 4 is 7.14 Å². The fourth-order valence-corrected chi connectivity index (χ4v) is 2.60. The van der Waals surface area contributed by atoms with Crippen LogP contribution < -0.4 is 0 Å². The van der Waals surface area contributed by atoms with Gasteiger partial charge < -0.3 is 9.30 Å². The largest absolute Gasteiger partial charge is 0.364 e. The Bertz CT molecular complexity index is 201. The predicted molar refractivity (Wildman–Crippen MR) is 47.9 cm³/mol. The molecule has 0 radical (unpaired) electrons. The number of alkyl halides is 1. The molecule has 0 amide bonds. The van der Waals surface area contributed by atoms with E-state index >= 15 is 0 Å². The van der Waals surface area contributed by atoms with Gasteiger partial charge in [-0.2, -0.15) is 0 Å². The van der Waals surface area contributed by atoms with Crippen molar-refractivity contribution in [2.24, 2.45) is 0 Å². The van der Waals surface area contributed by atoms with E-state index in [-0.39, 0.29) is 11.9 Å². The normalized spacial score (nSPS) is 37.2. The Morgan fingerprint density at radius 1 is 1.58 bits per heavy atom. The van der Waals surface area contributed by atoms with Gasteiger partial charge in [0.05, 0.1) is 6.10 Å². The summed E-state index contributed by atoms with van der Waals surface area (Å²) in [7, 11) is -2.26. The number of hydrogen-bond acceptors (Lipinski definition) is 2. The standard InChI is InChI=1S/C8H16FO2P/c1-4-7-6(9)5-8(11-7)12(2,3)10/h6-8H,4-5H2,1-3H3/t6-,7-,8+/m1/s1. The molecule has 0 aromatic heterocycles. The van der Waals surface area contributed by atoms with E-state index in [1.165, 1.54) is 0 Å². The number of hydrogen-bond donors (Lipinski definition) is 0. The van der Waals surface area contributed by atoms with E-state index < -0.39 is 13.3 Å². The van der Waals surface area contributed by atoms with Crippen molar-refractivity contribution in [2.75, 3.05) is 13.3 Å². The molecule has 0 unspecified atom stereocenters. The molecule has 0 aliphatic carbocycles. The van der Waals surface area contributed by atoms with E-state index in [2.05, 4.69) is 0 Å². The molecule has 1 aliphatic rings. The number of halogens is 1. The molecule has 1 fully saturated rings. The molecule has 1 saturated heterocycles. The summed E-state index contributed by atoms with van der Waals surface area (Å²) < 4.78 is 30.0. The van der Waals surface area contributed by atoms with Gasteiger partial charge in [0.25, 0.3) is 0 Å². The first-order chi connectivity index (χ1) is 5.45. The Kier molecular flexibility index (Phi) is 2.95. The molecule has 0 spiro atoms. The minimum atomic E-state index is -2.26. The summed E-state index contributed by atoms with van der Waals surface area (Å²) in [5.74, 6) is -0.350. The second kappa shape index (κ2) is 3.47. The molecule has 2 nitrogen and oxygen atoms in total. The van der Waals surface area contributed by atoms with Crippen molar-refractivity contribution in [3.05, 3.63) is 0 Å². The maximum atomic E-state index is 13.1. The van der Waals surface area contributed by atoms with Gasteiger partial charge in [-0.25, -0.2) is 4.39 Å². The molecule has 72 valence electrons. The zero-order valence-corrected chi connectivity index (χ0v) is 8.68. The van der Waals surface area contributed by atoms with Crippen LogP contribution in [-0.2, 0) is 9.30 Å². The third-order valence-electron chi connectivity index (χ3n) is 2.26. The molecule has 0 bridgehead atoms. The molecule has 1 rings (SSSR count). The number of rotatable bonds is 2. The van der Waals surface area contributed by atoms with Crippen LogP contribution in [0.25, 0.3) is 0 Å². The summed E-state index contributed by atoms with van der Waals surface area (Å²) in [5, 5.41) is 0. The molecule has 0 aromatic rings. The summed E-state index contributed by atoms with van der Waals surface area (Å²) in [6.07, 6.45) is -0.281. The van der Waals surface area contributed by atoms with E-state index in [0.717, 1.165) is 0 Å². The Morgan fingerprint density at radius 3 is 2.42 bits per heavy atom. The van der Waals surface area contributed by atoms with Gasteiger partial charge in [-0.05, 0) is 19.8 Å². The van der Waals surface area contributed by atoms with Crippen molar-refractivity contribution < 1.29 is 13.7 Å². The molecule has 4 heteroatoms. The summed E-state index contributed by atoms with van der Waals surface area (Å²) in [6, 6.07) is 0. The second-order valence-corrected chi connectivity index (χ2v) is 7.17.